The van der Waals surface area contributed by atoms with Crippen molar-refractivity contribution in [1.82, 2.24) is 9.88 Å². The van der Waals surface area contributed by atoms with E-state index in [-0.39, 0.29) is 0 Å². The van der Waals surface area contributed by atoms with E-state index in [0.717, 1.165) is 19.8 Å². The largest absolute Gasteiger partial charge is 0.380 e. The van der Waals surface area contributed by atoms with E-state index in [1.807, 2.05) is 6.92 Å². The van der Waals surface area contributed by atoms with Gasteiger partial charge in [0.15, 0.2) is 0 Å². The fourth-order valence-corrected chi connectivity index (χ4v) is 1.75. The summed E-state index contributed by atoms with van der Waals surface area (Å²) in [6, 6.07) is 2.65. The molecule has 1 unspecified atom stereocenters. The summed E-state index contributed by atoms with van der Waals surface area (Å²) in [5.74, 6) is 0. The van der Waals surface area contributed by atoms with Crippen LogP contribution in [-0.4, -0.2) is 23.8 Å². The molecule has 0 saturated carbocycles. The van der Waals surface area contributed by atoms with Crippen molar-refractivity contribution in [3.63, 3.8) is 0 Å². The Kier molecular flexibility index (Phi) is 5.03. The molecule has 1 heterocycles. The molecule has 0 fully saturated rings. The normalized spacial score (nSPS) is 13.1. The van der Waals surface area contributed by atoms with Crippen LogP contribution in [0.15, 0.2) is 6.07 Å². The first-order valence-electron chi connectivity index (χ1n) is 5.99. The van der Waals surface area contributed by atoms with Crippen molar-refractivity contribution in [2.75, 3.05) is 13.2 Å². The molecule has 0 bridgehead atoms. The first-order chi connectivity index (χ1) is 7.56. The Balaban J connectivity index is 2.45. The maximum atomic E-state index is 5.38. The lowest BCUT2D eigenvalue weighted by atomic mass is 10.2. The van der Waals surface area contributed by atoms with Crippen molar-refractivity contribution in [3.05, 3.63) is 23.0 Å². The molecule has 3 heteroatoms. The van der Waals surface area contributed by atoms with Crippen molar-refractivity contribution < 1.29 is 4.74 Å². The van der Waals surface area contributed by atoms with Gasteiger partial charge in [-0.2, -0.15) is 0 Å². The first kappa shape index (κ1) is 13.3. The molecule has 0 aliphatic carbocycles. The number of aryl methyl sites for hydroxylation is 1. The highest BCUT2D eigenvalue weighted by atomic mass is 16.5. The molecule has 0 aromatic carbocycles. The van der Waals surface area contributed by atoms with Crippen LogP contribution in [0.5, 0.6) is 0 Å². The van der Waals surface area contributed by atoms with E-state index in [4.69, 9.17) is 4.74 Å². The van der Waals surface area contributed by atoms with Crippen molar-refractivity contribution in [1.29, 1.82) is 0 Å². The van der Waals surface area contributed by atoms with Gasteiger partial charge in [0.05, 0.1) is 6.61 Å². The van der Waals surface area contributed by atoms with E-state index >= 15 is 0 Å². The van der Waals surface area contributed by atoms with Gasteiger partial charge in [-0.1, -0.05) is 0 Å². The Labute approximate surface area is 98.8 Å². The molecule has 0 aliphatic rings. The first-order valence-corrected chi connectivity index (χ1v) is 5.99. The molecule has 3 nitrogen and oxygen atoms in total. The molecule has 92 valence electrons. The molecule has 1 aromatic heterocycles. The number of ether oxygens (including phenoxy) is 1. The quantitative estimate of drug-likeness (QED) is 0.801. The molecule has 0 saturated heterocycles. The number of nitrogens with one attached hydrogen (secondary N) is 1. The summed E-state index contributed by atoms with van der Waals surface area (Å²) in [5, 5.41) is 3.48. The van der Waals surface area contributed by atoms with Crippen molar-refractivity contribution in [2.45, 2.75) is 40.3 Å². The molecule has 1 rings (SSSR count). The van der Waals surface area contributed by atoms with Crippen LogP contribution in [0.2, 0.25) is 0 Å². The summed E-state index contributed by atoms with van der Waals surface area (Å²) in [5.41, 5.74) is 4.03. The fourth-order valence-electron chi connectivity index (χ4n) is 1.75. The van der Waals surface area contributed by atoms with Crippen LogP contribution in [0.4, 0.5) is 0 Å². The summed E-state index contributed by atoms with van der Waals surface area (Å²) >= 11 is 0. The molecule has 0 aliphatic heterocycles. The van der Waals surface area contributed by atoms with E-state index in [2.05, 4.69) is 43.8 Å². The lowest BCUT2D eigenvalue weighted by molar-refractivity contribution is 0.127. The van der Waals surface area contributed by atoms with Gasteiger partial charge in [-0.15, -0.1) is 0 Å². The summed E-state index contributed by atoms with van der Waals surface area (Å²) in [4.78, 5) is 0. The predicted octanol–water partition coefficient (Wildman–Crippen LogP) is 2.16. The van der Waals surface area contributed by atoms with Gasteiger partial charge in [0.2, 0.25) is 0 Å². The minimum atomic E-state index is 0.403. The van der Waals surface area contributed by atoms with E-state index < -0.39 is 0 Å². The maximum absolute atomic E-state index is 5.38. The summed E-state index contributed by atoms with van der Waals surface area (Å²) in [6.07, 6.45) is 0. The number of rotatable bonds is 6. The second-order valence-electron chi connectivity index (χ2n) is 4.40. The zero-order valence-electron chi connectivity index (χ0n) is 11.1. The summed E-state index contributed by atoms with van der Waals surface area (Å²) in [7, 11) is 2.11. The van der Waals surface area contributed by atoms with Gasteiger partial charge in [-0.05, 0) is 39.3 Å². The van der Waals surface area contributed by atoms with Crippen LogP contribution < -0.4 is 5.32 Å². The van der Waals surface area contributed by atoms with Crippen LogP contribution in [0.1, 0.15) is 30.8 Å². The Morgan fingerprint density at radius 2 is 2.12 bits per heavy atom. The lowest BCUT2D eigenvalue weighted by Gasteiger charge is -2.13. The fraction of sp³-hybridized carbons (Fsp3) is 0.692. The zero-order valence-corrected chi connectivity index (χ0v) is 11.1. The van der Waals surface area contributed by atoms with Gasteiger partial charge in [0.1, 0.15) is 0 Å². The Morgan fingerprint density at radius 1 is 1.44 bits per heavy atom. The van der Waals surface area contributed by atoms with Gasteiger partial charge in [0, 0.05) is 37.6 Å². The molecule has 1 atom stereocenters. The smallest absolute Gasteiger partial charge is 0.0616 e. The molecular weight excluding hydrogens is 200 g/mol. The van der Waals surface area contributed by atoms with Gasteiger partial charge in [-0.25, -0.2) is 0 Å². The maximum Gasteiger partial charge on any atom is 0.0616 e. The minimum Gasteiger partial charge on any atom is -0.380 e. The van der Waals surface area contributed by atoms with Crippen LogP contribution >= 0.6 is 0 Å². The van der Waals surface area contributed by atoms with Crippen molar-refractivity contribution in [3.8, 4) is 0 Å². The Bertz CT molecular complexity index is 331. The molecular formula is C13H24N2O. The van der Waals surface area contributed by atoms with E-state index in [9.17, 15) is 0 Å². The van der Waals surface area contributed by atoms with Crippen LogP contribution in [0.25, 0.3) is 0 Å². The zero-order chi connectivity index (χ0) is 12.1. The van der Waals surface area contributed by atoms with Crippen LogP contribution in [-0.2, 0) is 18.3 Å². The topological polar surface area (TPSA) is 26.2 Å². The molecule has 0 radical (unpaired) electrons. The van der Waals surface area contributed by atoms with Gasteiger partial charge >= 0.3 is 0 Å². The van der Waals surface area contributed by atoms with Gasteiger partial charge in [0.25, 0.3) is 0 Å². The standard InChI is InChI=1S/C13H24N2O/c1-6-16-9-10(2)14-8-13-7-11(3)15(5)12(13)4/h7,10,14H,6,8-9H2,1-5H3. The summed E-state index contributed by atoms with van der Waals surface area (Å²) < 4.78 is 7.60. The average molecular weight is 224 g/mol. The molecule has 0 amide bonds. The van der Waals surface area contributed by atoms with E-state index in [1.54, 1.807) is 0 Å². The second-order valence-corrected chi connectivity index (χ2v) is 4.40. The Morgan fingerprint density at radius 3 is 2.62 bits per heavy atom. The highest BCUT2D eigenvalue weighted by Crippen LogP contribution is 2.12. The summed E-state index contributed by atoms with van der Waals surface area (Å²) in [6.45, 7) is 11.0. The third kappa shape index (κ3) is 3.35. The van der Waals surface area contributed by atoms with Gasteiger partial charge < -0.3 is 14.6 Å². The third-order valence-corrected chi connectivity index (χ3v) is 3.09. The highest BCUT2D eigenvalue weighted by molar-refractivity contribution is 5.26. The minimum absolute atomic E-state index is 0.403. The van der Waals surface area contributed by atoms with Crippen LogP contribution in [0.3, 0.4) is 0 Å². The molecule has 1 N–H and O–H groups in total. The predicted molar refractivity (Wildman–Crippen MR) is 67.7 cm³/mol. The second kappa shape index (κ2) is 6.06. The van der Waals surface area contributed by atoms with Gasteiger partial charge in [-0.3, -0.25) is 0 Å². The number of aromatic nitrogens is 1. The SMILES string of the molecule is CCOCC(C)NCc1cc(C)n(C)c1C. The van der Waals surface area contributed by atoms with E-state index in [0.29, 0.717) is 6.04 Å². The molecule has 0 spiro atoms. The molecule has 16 heavy (non-hydrogen) atoms. The average Bonchev–Trinajstić information content (AvgIpc) is 2.51. The van der Waals surface area contributed by atoms with Crippen molar-refractivity contribution >= 4 is 0 Å². The van der Waals surface area contributed by atoms with Crippen LogP contribution in [0, 0.1) is 13.8 Å². The van der Waals surface area contributed by atoms with Crippen molar-refractivity contribution in [2.24, 2.45) is 7.05 Å². The molecule has 1 aromatic rings. The number of hydrogen-bond donors (Lipinski definition) is 1. The van der Waals surface area contributed by atoms with E-state index in [1.165, 1.54) is 17.0 Å². The third-order valence-electron chi connectivity index (χ3n) is 3.09. The Hall–Kier alpha value is -0.800. The monoisotopic (exact) mass is 224 g/mol. The highest BCUT2D eigenvalue weighted by Gasteiger charge is 2.07. The number of hydrogen-bond acceptors (Lipinski definition) is 2. The lowest BCUT2D eigenvalue weighted by Crippen LogP contribution is -2.30. The number of nitrogens with zero attached hydrogens (tertiary/aromatic N) is 1.